The Morgan fingerprint density at radius 2 is 2.10 bits per heavy atom. The third-order valence-electron chi connectivity index (χ3n) is 5.71. The van der Waals surface area contributed by atoms with E-state index in [4.69, 9.17) is 14.2 Å². The number of benzene rings is 1. The molecule has 8 heteroatoms. The van der Waals surface area contributed by atoms with Gasteiger partial charge in [-0.2, -0.15) is 0 Å². The van der Waals surface area contributed by atoms with Gasteiger partial charge in [-0.05, 0) is 37.5 Å². The lowest BCUT2D eigenvalue weighted by Crippen LogP contribution is -2.34. The van der Waals surface area contributed by atoms with Crippen LogP contribution in [0.3, 0.4) is 0 Å². The first-order chi connectivity index (χ1) is 14.7. The average Bonchev–Trinajstić information content (AvgIpc) is 3.21. The number of hydrogen-bond donors (Lipinski definition) is 0. The van der Waals surface area contributed by atoms with Gasteiger partial charge in [0.1, 0.15) is 24.7 Å². The fraction of sp³-hybridized carbons (Fsp3) is 0.364. The molecule has 1 aromatic carbocycles. The predicted octanol–water partition coefficient (Wildman–Crippen LogP) is 3.76. The van der Waals surface area contributed by atoms with Gasteiger partial charge >= 0.3 is 5.97 Å². The number of rotatable bonds is 3. The van der Waals surface area contributed by atoms with Gasteiger partial charge in [0.2, 0.25) is 0 Å². The van der Waals surface area contributed by atoms with Gasteiger partial charge in [0.25, 0.3) is 0 Å². The van der Waals surface area contributed by atoms with E-state index in [1.165, 1.54) is 19.4 Å². The molecule has 0 spiro atoms. The van der Waals surface area contributed by atoms with Crippen LogP contribution in [0.4, 0.5) is 10.1 Å². The molecular formula is C22H22FN3O4. The second-order valence-corrected chi connectivity index (χ2v) is 7.47. The van der Waals surface area contributed by atoms with Crippen LogP contribution in [0.15, 0.2) is 36.7 Å². The summed E-state index contributed by atoms with van der Waals surface area (Å²) < 4.78 is 32.5. The van der Waals surface area contributed by atoms with E-state index in [9.17, 15) is 9.18 Å². The number of fused-ring (bicyclic) bond motifs is 2. The summed E-state index contributed by atoms with van der Waals surface area (Å²) in [7, 11) is 1.35. The molecule has 2 aliphatic rings. The molecule has 0 amide bonds. The third-order valence-corrected chi connectivity index (χ3v) is 5.71. The minimum absolute atomic E-state index is 0.0625. The van der Waals surface area contributed by atoms with Crippen LogP contribution in [-0.4, -0.2) is 42.2 Å². The monoisotopic (exact) mass is 411 g/mol. The van der Waals surface area contributed by atoms with Crippen molar-refractivity contribution in [2.75, 3.05) is 31.8 Å². The standard InChI is InChI=1S/C22H22FN3O4/c1-28-22(27)18-12-24-20-6-5-15(13-26(18)20)25-7-3-2-4-17(25)16-10-14(23)11-19-21(16)30-9-8-29-19/h5-6,10-13,17H,2-4,7-9H2,1H3. The maximum Gasteiger partial charge on any atom is 0.356 e. The van der Waals surface area contributed by atoms with Crippen LogP contribution >= 0.6 is 0 Å². The van der Waals surface area contributed by atoms with Crippen LogP contribution in [0.2, 0.25) is 0 Å². The number of piperidine rings is 1. The number of carbonyl (C=O) groups excluding carboxylic acids is 1. The van der Waals surface area contributed by atoms with Crippen molar-refractivity contribution in [3.8, 4) is 11.5 Å². The normalized spacial score (nSPS) is 18.5. The number of halogens is 1. The molecule has 30 heavy (non-hydrogen) atoms. The van der Waals surface area contributed by atoms with Crippen molar-refractivity contribution in [2.24, 2.45) is 0 Å². The number of esters is 1. The van der Waals surface area contributed by atoms with Crippen molar-refractivity contribution in [3.63, 3.8) is 0 Å². The number of nitrogens with zero attached hydrogens (tertiary/aromatic N) is 3. The molecule has 2 aliphatic heterocycles. The first-order valence-corrected chi connectivity index (χ1v) is 10.1. The highest BCUT2D eigenvalue weighted by Crippen LogP contribution is 2.44. The summed E-state index contributed by atoms with van der Waals surface area (Å²) in [5.74, 6) is 0.302. The van der Waals surface area contributed by atoms with Crippen LogP contribution in [-0.2, 0) is 4.74 Å². The molecule has 1 atom stereocenters. The van der Waals surface area contributed by atoms with Crippen molar-refractivity contribution in [2.45, 2.75) is 25.3 Å². The lowest BCUT2D eigenvalue weighted by atomic mass is 9.93. The second-order valence-electron chi connectivity index (χ2n) is 7.47. The molecule has 156 valence electrons. The molecule has 0 N–H and O–H groups in total. The van der Waals surface area contributed by atoms with Crippen LogP contribution in [0.25, 0.3) is 5.65 Å². The molecule has 4 heterocycles. The largest absolute Gasteiger partial charge is 0.486 e. The summed E-state index contributed by atoms with van der Waals surface area (Å²) in [4.78, 5) is 18.6. The summed E-state index contributed by atoms with van der Waals surface area (Å²) in [5, 5.41) is 0. The highest BCUT2D eigenvalue weighted by Gasteiger charge is 2.30. The Bertz CT molecular complexity index is 1110. The highest BCUT2D eigenvalue weighted by atomic mass is 19.1. The summed E-state index contributed by atoms with van der Waals surface area (Å²) in [6.45, 7) is 1.67. The first kappa shape index (κ1) is 18.7. The summed E-state index contributed by atoms with van der Waals surface area (Å²) in [6, 6.07) is 6.71. The van der Waals surface area contributed by atoms with Crippen LogP contribution < -0.4 is 14.4 Å². The number of anilines is 1. The number of ether oxygens (including phenoxy) is 3. The lowest BCUT2D eigenvalue weighted by molar-refractivity contribution is 0.0593. The average molecular weight is 411 g/mol. The number of aromatic nitrogens is 2. The molecule has 1 saturated heterocycles. The Morgan fingerprint density at radius 3 is 2.97 bits per heavy atom. The number of carbonyl (C=O) groups is 1. The summed E-state index contributed by atoms with van der Waals surface area (Å²) >= 11 is 0. The van der Waals surface area contributed by atoms with Gasteiger partial charge in [-0.15, -0.1) is 0 Å². The second kappa shape index (κ2) is 7.51. The van der Waals surface area contributed by atoms with Crippen molar-refractivity contribution >= 4 is 17.3 Å². The molecule has 5 rings (SSSR count). The van der Waals surface area contributed by atoms with Crippen LogP contribution in [0.5, 0.6) is 11.5 Å². The smallest absolute Gasteiger partial charge is 0.356 e. The Labute approximate surface area is 173 Å². The Hall–Kier alpha value is -3.29. The number of hydrogen-bond acceptors (Lipinski definition) is 6. The van der Waals surface area contributed by atoms with Gasteiger partial charge in [0, 0.05) is 24.4 Å². The van der Waals surface area contributed by atoms with Crippen molar-refractivity contribution in [3.05, 3.63) is 53.7 Å². The Kier molecular flexibility index (Phi) is 4.69. The molecule has 7 nitrogen and oxygen atoms in total. The van der Waals surface area contributed by atoms with Gasteiger partial charge in [0.15, 0.2) is 17.2 Å². The van der Waals surface area contributed by atoms with Crippen molar-refractivity contribution in [1.29, 1.82) is 0 Å². The maximum absolute atomic E-state index is 14.4. The summed E-state index contributed by atoms with van der Waals surface area (Å²) in [5.41, 5.74) is 2.74. The van der Waals surface area contributed by atoms with Gasteiger partial charge < -0.3 is 19.1 Å². The zero-order valence-corrected chi connectivity index (χ0v) is 16.6. The van der Waals surface area contributed by atoms with E-state index < -0.39 is 5.97 Å². The van der Waals surface area contributed by atoms with E-state index >= 15 is 0 Å². The third kappa shape index (κ3) is 3.12. The van der Waals surface area contributed by atoms with Crippen LogP contribution in [0.1, 0.15) is 41.4 Å². The van der Waals surface area contributed by atoms with E-state index in [1.807, 2.05) is 18.3 Å². The molecule has 0 bridgehead atoms. The SMILES string of the molecule is COC(=O)c1cnc2ccc(N3CCCCC3c3cc(F)cc4c3OCCO4)cn12. The van der Waals surface area contributed by atoms with Gasteiger partial charge in [-0.3, -0.25) is 4.40 Å². The first-order valence-electron chi connectivity index (χ1n) is 10.1. The van der Waals surface area contributed by atoms with E-state index in [2.05, 4.69) is 9.88 Å². The Morgan fingerprint density at radius 1 is 1.23 bits per heavy atom. The van der Waals surface area contributed by atoms with Crippen LogP contribution in [0, 0.1) is 5.82 Å². The lowest BCUT2D eigenvalue weighted by Gasteiger charge is -2.39. The van der Waals surface area contributed by atoms with E-state index in [0.717, 1.165) is 37.1 Å². The number of pyridine rings is 1. The molecule has 2 aromatic heterocycles. The fourth-order valence-electron chi connectivity index (χ4n) is 4.35. The highest BCUT2D eigenvalue weighted by molar-refractivity contribution is 5.88. The zero-order valence-electron chi connectivity index (χ0n) is 16.6. The minimum Gasteiger partial charge on any atom is -0.486 e. The molecular weight excluding hydrogens is 389 g/mol. The molecule has 3 aromatic rings. The molecule has 1 unspecified atom stereocenters. The topological polar surface area (TPSA) is 65.3 Å². The van der Waals surface area contributed by atoms with E-state index in [-0.39, 0.29) is 11.9 Å². The van der Waals surface area contributed by atoms with E-state index in [1.54, 1.807) is 10.5 Å². The van der Waals surface area contributed by atoms with Crippen molar-refractivity contribution < 1.29 is 23.4 Å². The molecule has 0 aliphatic carbocycles. The molecule has 0 radical (unpaired) electrons. The van der Waals surface area contributed by atoms with Crippen molar-refractivity contribution in [1.82, 2.24) is 9.38 Å². The zero-order chi connectivity index (χ0) is 20.7. The Balaban J connectivity index is 1.58. The van der Waals surface area contributed by atoms with Gasteiger partial charge in [-0.25, -0.2) is 14.2 Å². The quantitative estimate of drug-likeness (QED) is 0.612. The maximum atomic E-state index is 14.4. The van der Waals surface area contributed by atoms with E-state index in [0.29, 0.717) is 36.1 Å². The number of imidazole rings is 1. The number of methoxy groups -OCH3 is 1. The van der Waals surface area contributed by atoms with Gasteiger partial charge in [-0.1, -0.05) is 0 Å². The molecule has 0 saturated carbocycles. The minimum atomic E-state index is -0.445. The molecule has 1 fully saturated rings. The predicted molar refractivity (Wildman–Crippen MR) is 108 cm³/mol. The fourth-order valence-corrected chi connectivity index (χ4v) is 4.35. The van der Waals surface area contributed by atoms with Gasteiger partial charge in [0.05, 0.1) is 25.0 Å². The summed E-state index contributed by atoms with van der Waals surface area (Å²) in [6.07, 6.45) is 6.32.